The fourth-order valence-corrected chi connectivity index (χ4v) is 8.68. The third-order valence-corrected chi connectivity index (χ3v) is 14.0. The highest BCUT2D eigenvalue weighted by Crippen LogP contribution is 2.39. The summed E-state index contributed by atoms with van der Waals surface area (Å²) in [6, 6.07) is 18.6. The van der Waals surface area contributed by atoms with Crippen molar-refractivity contribution in [3.63, 3.8) is 0 Å². The summed E-state index contributed by atoms with van der Waals surface area (Å²) in [6.07, 6.45) is 7.84. The molecular weight excluding hydrogens is 1150 g/mol. The van der Waals surface area contributed by atoms with Crippen molar-refractivity contribution >= 4 is 99.0 Å². The zero-order valence-electron chi connectivity index (χ0n) is 37.7. The zero-order valence-corrected chi connectivity index (χ0v) is 44.1. The fraction of sp³-hybridized carbons (Fsp3) is 0.292. The molecule has 0 unspecified atom stereocenters. The van der Waals surface area contributed by atoms with Crippen LogP contribution in [0.2, 0.25) is 0 Å². The van der Waals surface area contributed by atoms with E-state index in [2.05, 4.69) is 97.5 Å². The SMILES string of the molecule is CCOC(=O)CO.CCOC(=O)COC(=O)CC[C@@H]1N=C(c2ccccn2)c2cc(Br)c(Br)cc2-n2c(C)cnc21.Cc1cnc2n1-c1cc(Br)c(Br)cc1C(c1ccccn1)=N[C@H]2CCC(=O)O. The van der Waals surface area contributed by atoms with Crippen molar-refractivity contribution in [3.8, 4) is 11.4 Å². The molecule has 69 heavy (non-hydrogen) atoms. The summed E-state index contributed by atoms with van der Waals surface area (Å²) in [5.41, 5.74) is 8.44. The van der Waals surface area contributed by atoms with E-state index < -0.39 is 43.1 Å². The monoisotopic (exact) mass is 1190 g/mol. The Morgan fingerprint density at radius 2 is 1.06 bits per heavy atom. The molecule has 4 aromatic heterocycles. The molecule has 8 rings (SSSR count). The van der Waals surface area contributed by atoms with Gasteiger partial charge >= 0.3 is 23.9 Å². The summed E-state index contributed by atoms with van der Waals surface area (Å²) in [6.45, 7) is 6.99. The van der Waals surface area contributed by atoms with E-state index in [9.17, 15) is 24.3 Å². The van der Waals surface area contributed by atoms with Crippen LogP contribution < -0.4 is 0 Å². The zero-order chi connectivity index (χ0) is 49.8. The number of carbonyl (C=O) groups is 4. The number of aliphatic imine (C=N–C) groups is 2. The molecule has 21 heteroatoms. The van der Waals surface area contributed by atoms with Gasteiger partial charge in [0.15, 0.2) is 6.61 Å². The quantitative estimate of drug-likeness (QED) is 0.0814. The molecule has 360 valence electrons. The third kappa shape index (κ3) is 13.1. The van der Waals surface area contributed by atoms with Crippen LogP contribution in [0.25, 0.3) is 11.4 Å². The van der Waals surface area contributed by atoms with Crippen molar-refractivity contribution in [2.24, 2.45) is 9.98 Å². The number of nitrogens with zero attached hydrogens (tertiary/aromatic N) is 8. The first kappa shape index (κ1) is 52.6. The van der Waals surface area contributed by atoms with Crippen molar-refractivity contribution in [1.29, 1.82) is 0 Å². The van der Waals surface area contributed by atoms with Gasteiger partial charge in [-0.15, -0.1) is 0 Å². The fourth-order valence-electron chi connectivity index (χ4n) is 7.33. The lowest BCUT2D eigenvalue weighted by Gasteiger charge is -2.15. The summed E-state index contributed by atoms with van der Waals surface area (Å²) < 4.78 is 21.9. The number of aliphatic hydroxyl groups is 1. The Bertz CT molecular complexity index is 2890. The van der Waals surface area contributed by atoms with E-state index in [0.717, 1.165) is 80.5 Å². The number of benzene rings is 2. The Kier molecular flexibility index (Phi) is 18.8. The molecule has 2 N–H and O–H groups in total. The number of carboxylic acids is 1. The smallest absolute Gasteiger partial charge is 0.344 e. The van der Waals surface area contributed by atoms with E-state index in [4.69, 9.17) is 24.6 Å². The number of halogens is 4. The van der Waals surface area contributed by atoms with Crippen LogP contribution in [0.15, 0.2) is 113 Å². The molecule has 0 amide bonds. The molecule has 0 aliphatic carbocycles. The minimum atomic E-state index is -0.850. The highest BCUT2D eigenvalue weighted by Gasteiger charge is 2.31. The first-order chi connectivity index (χ1) is 33.1. The van der Waals surface area contributed by atoms with Crippen molar-refractivity contribution in [3.05, 3.63) is 149 Å². The predicted molar refractivity (Wildman–Crippen MR) is 270 cm³/mol. The second kappa shape index (κ2) is 24.7. The molecular formula is C48H46Br4N8O9. The number of fused-ring (bicyclic) bond motifs is 6. The van der Waals surface area contributed by atoms with Crippen molar-refractivity contribution < 1.29 is 43.6 Å². The number of esters is 3. The van der Waals surface area contributed by atoms with Crippen LogP contribution in [0.1, 0.15) is 97.2 Å². The number of carboxylic acid groups (broad SMARTS) is 1. The number of aryl methyl sites for hydroxylation is 2. The molecule has 6 heterocycles. The topological polar surface area (TPSA) is 223 Å². The molecule has 6 aromatic rings. The first-order valence-corrected chi connectivity index (χ1v) is 24.7. The third-order valence-electron chi connectivity index (χ3n) is 10.3. The number of aliphatic hydroxyl groups excluding tert-OH is 1. The number of rotatable bonds is 13. The largest absolute Gasteiger partial charge is 0.481 e. The molecule has 17 nitrogen and oxygen atoms in total. The minimum Gasteiger partial charge on any atom is -0.481 e. The molecule has 0 saturated heterocycles. The molecule has 0 radical (unpaired) electrons. The number of carbonyl (C=O) groups excluding carboxylic acids is 3. The molecule has 2 aliphatic rings. The molecule has 0 saturated carbocycles. The summed E-state index contributed by atoms with van der Waals surface area (Å²) in [7, 11) is 0. The van der Waals surface area contributed by atoms with Crippen molar-refractivity contribution in [2.45, 2.75) is 65.5 Å². The van der Waals surface area contributed by atoms with Gasteiger partial charge in [0.1, 0.15) is 30.3 Å². The normalized spacial score (nSPS) is 14.2. The number of ether oxygens (including phenoxy) is 3. The van der Waals surface area contributed by atoms with Crippen LogP contribution in [0.3, 0.4) is 0 Å². The summed E-state index contributed by atoms with van der Waals surface area (Å²) >= 11 is 14.4. The van der Waals surface area contributed by atoms with E-state index in [1.54, 1.807) is 38.6 Å². The average Bonchev–Trinajstić information content (AvgIpc) is 3.84. The highest BCUT2D eigenvalue weighted by atomic mass is 79.9. The molecule has 2 atom stereocenters. The van der Waals surface area contributed by atoms with Crippen LogP contribution in [0, 0.1) is 13.8 Å². The van der Waals surface area contributed by atoms with Crippen LogP contribution >= 0.6 is 63.7 Å². The van der Waals surface area contributed by atoms with Gasteiger partial charge in [0.2, 0.25) is 0 Å². The van der Waals surface area contributed by atoms with Gasteiger partial charge < -0.3 is 24.4 Å². The van der Waals surface area contributed by atoms with E-state index in [1.807, 2.05) is 74.5 Å². The summed E-state index contributed by atoms with van der Waals surface area (Å²) in [5.74, 6) is -1.03. The second-order valence-electron chi connectivity index (χ2n) is 15.1. The van der Waals surface area contributed by atoms with E-state index >= 15 is 0 Å². The van der Waals surface area contributed by atoms with Crippen LogP contribution in [-0.4, -0.2) is 101 Å². The lowest BCUT2D eigenvalue weighted by molar-refractivity contribution is -0.158. The predicted octanol–water partition coefficient (Wildman–Crippen LogP) is 9.28. The lowest BCUT2D eigenvalue weighted by atomic mass is 10.0. The number of aromatic nitrogens is 6. The van der Waals surface area contributed by atoms with Gasteiger partial charge in [-0.05, 0) is 153 Å². The molecule has 2 aromatic carbocycles. The van der Waals surface area contributed by atoms with Gasteiger partial charge in [0, 0.05) is 78.0 Å². The molecule has 2 aliphatic heterocycles. The second-order valence-corrected chi connectivity index (χ2v) is 18.5. The number of imidazole rings is 2. The number of hydrogen-bond donors (Lipinski definition) is 2. The summed E-state index contributed by atoms with van der Waals surface area (Å²) in [4.78, 5) is 73.2. The van der Waals surface area contributed by atoms with Crippen molar-refractivity contribution in [2.75, 3.05) is 26.4 Å². The van der Waals surface area contributed by atoms with Gasteiger partial charge in [-0.2, -0.15) is 0 Å². The maximum Gasteiger partial charge on any atom is 0.344 e. The van der Waals surface area contributed by atoms with E-state index in [-0.39, 0.29) is 25.5 Å². The Balaban J connectivity index is 0.000000202. The summed E-state index contributed by atoms with van der Waals surface area (Å²) in [5, 5.41) is 17.2. The van der Waals surface area contributed by atoms with E-state index in [0.29, 0.717) is 25.2 Å². The van der Waals surface area contributed by atoms with Crippen LogP contribution in [0.5, 0.6) is 0 Å². The number of pyridine rings is 2. The van der Waals surface area contributed by atoms with Gasteiger partial charge in [0.05, 0.1) is 47.4 Å². The van der Waals surface area contributed by atoms with Crippen LogP contribution in [-0.2, 0) is 33.4 Å². The Morgan fingerprint density at radius 1 is 0.609 bits per heavy atom. The van der Waals surface area contributed by atoms with Gasteiger partial charge in [-0.1, -0.05) is 12.1 Å². The van der Waals surface area contributed by atoms with Gasteiger partial charge in [-0.3, -0.25) is 38.7 Å². The number of hydrogen-bond acceptors (Lipinski definition) is 14. The van der Waals surface area contributed by atoms with Crippen LogP contribution in [0.4, 0.5) is 0 Å². The Hall–Kier alpha value is -5.74. The lowest BCUT2D eigenvalue weighted by Crippen LogP contribution is -2.17. The Labute approximate surface area is 431 Å². The highest BCUT2D eigenvalue weighted by molar-refractivity contribution is 9.13. The molecule has 0 fully saturated rings. The van der Waals surface area contributed by atoms with Gasteiger partial charge in [-0.25, -0.2) is 19.6 Å². The maximum atomic E-state index is 12.3. The first-order valence-electron chi connectivity index (χ1n) is 21.5. The molecule has 0 bridgehead atoms. The molecule has 0 spiro atoms. The van der Waals surface area contributed by atoms with E-state index in [1.165, 1.54) is 0 Å². The average molecular weight is 1200 g/mol. The minimum absolute atomic E-state index is 0.0132. The van der Waals surface area contributed by atoms with Gasteiger partial charge in [0.25, 0.3) is 0 Å². The Morgan fingerprint density at radius 3 is 1.46 bits per heavy atom. The maximum absolute atomic E-state index is 12.3. The standard InChI is InChI=1S/C24H22Br2N4O4.C20H16Br2N4O2.C4H8O3/c1-3-33-22(32)13-34-21(31)8-7-19-24-28-12-14(2)30(24)20-11-17(26)16(25)10-15(20)23(29-19)18-6-4-5-9-27-18;1-11-10-24-20-16(5-6-18(27)28)25-19(15-4-2-3-7-23-15)12-8-13(21)14(22)9-17(12)26(11)20;1-2-7-4(6)3-5/h4-6,9-12,19H,3,7-8,13H2,1-2H3;2-4,7-10,16H,5-6H2,1H3,(H,27,28);5H,2-3H2,1H3/t19-;16-;/m00./s1. The number of aliphatic carboxylic acids is 1. The van der Waals surface area contributed by atoms with Crippen molar-refractivity contribution in [1.82, 2.24) is 29.1 Å².